The van der Waals surface area contributed by atoms with Crippen molar-refractivity contribution in [2.75, 3.05) is 0 Å². The van der Waals surface area contributed by atoms with Crippen molar-refractivity contribution < 1.29 is 14.2 Å². The maximum absolute atomic E-state index is 11.2. The molecule has 64 valence electrons. The summed E-state index contributed by atoms with van der Waals surface area (Å²) < 4.78 is 4.86. The second-order valence-corrected chi connectivity index (χ2v) is 3.12. The van der Waals surface area contributed by atoms with E-state index >= 15 is 0 Å². The van der Waals surface area contributed by atoms with Crippen LogP contribution in [0, 0.1) is 0 Å². The van der Waals surface area contributed by atoms with E-state index in [1.165, 1.54) is 6.08 Å². The molecule has 0 bridgehead atoms. The molecule has 1 aliphatic rings. The predicted octanol–water partition coefficient (Wildman–Crippen LogP) is 0.407. The summed E-state index contributed by atoms with van der Waals surface area (Å²) in [6.07, 6.45) is 1.24. The van der Waals surface area contributed by atoms with Gasteiger partial charge in [0.15, 0.2) is 5.69 Å². The quantitative estimate of drug-likeness (QED) is 0.485. The van der Waals surface area contributed by atoms with Gasteiger partial charge in [-0.05, 0) is 26.2 Å². The zero-order valence-electron chi connectivity index (χ0n) is 6.06. The van der Waals surface area contributed by atoms with Crippen molar-refractivity contribution in [2.45, 2.75) is 0 Å². The number of ketones is 1. The van der Waals surface area contributed by atoms with E-state index in [9.17, 15) is 4.79 Å². The Labute approximate surface area is 79.9 Å². The van der Waals surface area contributed by atoms with E-state index in [4.69, 9.17) is 5.53 Å². The fourth-order valence-corrected chi connectivity index (χ4v) is 1.43. The van der Waals surface area contributed by atoms with E-state index in [0.29, 0.717) is 10.2 Å². The van der Waals surface area contributed by atoms with Crippen LogP contribution >= 0.6 is 15.9 Å². The van der Waals surface area contributed by atoms with Crippen LogP contribution < -0.4 is 0 Å². The SMILES string of the molecule is [N-]=[N+]=C1C(=O)C=C(Br)c2nonc21. The molecule has 0 spiro atoms. The Hall–Kier alpha value is -1.59. The van der Waals surface area contributed by atoms with E-state index in [-0.39, 0.29) is 11.4 Å². The molecule has 13 heavy (non-hydrogen) atoms. The van der Waals surface area contributed by atoms with Gasteiger partial charge in [0, 0.05) is 6.08 Å². The summed E-state index contributed by atoms with van der Waals surface area (Å²) in [5.74, 6) is -0.447. The van der Waals surface area contributed by atoms with Gasteiger partial charge in [-0.2, -0.15) is 4.79 Å². The highest BCUT2D eigenvalue weighted by Crippen LogP contribution is 2.25. The highest BCUT2D eigenvalue weighted by molar-refractivity contribution is 9.15. The predicted molar refractivity (Wildman–Crippen MR) is 43.9 cm³/mol. The van der Waals surface area contributed by atoms with E-state index in [1.807, 2.05) is 0 Å². The largest absolute Gasteiger partial charge is 0.393 e. The van der Waals surface area contributed by atoms with Gasteiger partial charge in [0.1, 0.15) is 0 Å². The van der Waals surface area contributed by atoms with Gasteiger partial charge in [-0.1, -0.05) is 0 Å². The lowest BCUT2D eigenvalue weighted by Gasteiger charge is -1.97. The molecule has 0 saturated carbocycles. The Morgan fingerprint density at radius 3 is 2.85 bits per heavy atom. The molecule has 0 radical (unpaired) electrons. The molecular formula is C6HBrN4O2. The summed E-state index contributed by atoms with van der Waals surface area (Å²) in [7, 11) is 0. The average Bonchev–Trinajstić information content (AvgIpc) is 2.53. The van der Waals surface area contributed by atoms with E-state index in [2.05, 4.69) is 35.7 Å². The topological polar surface area (TPSA) is 92.4 Å². The summed E-state index contributed by atoms with van der Waals surface area (Å²) in [4.78, 5) is 14.0. The van der Waals surface area contributed by atoms with Gasteiger partial charge in [0.2, 0.25) is 5.69 Å². The van der Waals surface area contributed by atoms with Crippen molar-refractivity contribution in [3.63, 3.8) is 0 Å². The molecule has 0 aliphatic heterocycles. The van der Waals surface area contributed by atoms with Gasteiger partial charge in [0.05, 0.1) is 4.48 Å². The molecule has 0 atom stereocenters. The summed E-state index contributed by atoms with van der Waals surface area (Å²) in [5, 5.41) is 6.97. The molecule has 0 amide bonds. The first-order chi connectivity index (χ1) is 6.24. The van der Waals surface area contributed by atoms with Crippen molar-refractivity contribution in [1.29, 1.82) is 0 Å². The van der Waals surface area contributed by atoms with Gasteiger partial charge >= 0.3 is 5.71 Å². The molecule has 1 aliphatic carbocycles. The van der Waals surface area contributed by atoms with Gasteiger partial charge in [-0.15, -0.1) is 0 Å². The number of allylic oxidation sites excluding steroid dienone is 1. The molecule has 2 rings (SSSR count). The summed E-state index contributed by atoms with van der Waals surface area (Å²) >= 11 is 3.10. The zero-order valence-corrected chi connectivity index (χ0v) is 7.65. The molecule has 1 heterocycles. The van der Waals surface area contributed by atoms with Crippen LogP contribution in [0.1, 0.15) is 11.4 Å². The minimum Gasteiger partial charge on any atom is -0.361 e. The molecule has 0 unspecified atom stereocenters. The smallest absolute Gasteiger partial charge is 0.361 e. The number of halogens is 1. The Balaban J connectivity index is 2.76. The fourth-order valence-electron chi connectivity index (χ4n) is 0.966. The summed E-state index contributed by atoms with van der Waals surface area (Å²) in [6.45, 7) is 0. The van der Waals surface area contributed by atoms with Crippen LogP contribution in [0.5, 0.6) is 0 Å². The number of carbonyl (C=O) groups excluding carboxylic acids is 1. The van der Waals surface area contributed by atoms with E-state index in [0.717, 1.165) is 0 Å². The van der Waals surface area contributed by atoms with Crippen molar-refractivity contribution >= 4 is 31.9 Å². The van der Waals surface area contributed by atoms with Crippen LogP contribution in [0.3, 0.4) is 0 Å². The van der Waals surface area contributed by atoms with Gasteiger partial charge in [-0.3, -0.25) is 4.79 Å². The van der Waals surface area contributed by atoms with Crippen LogP contribution in [-0.2, 0) is 4.79 Å². The Kier molecular flexibility index (Phi) is 1.68. The Bertz CT molecular complexity index is 469. The second kappa shape index (κ2) is 2.72. The van der Waals surface area contributed by atoms with Gasteiger partial charge < -0.3 is 5.53 Å². The van der Waals surface area contributed by atoms with Gasteiger partial charge in [-0.25, -0.2) is 4.63 Å². The van der Waals surface area contributed by atoms with E-state index < -0.39 is 5.78 Å². The maximum atomic E-state index is 11.2. The van der Waals surface area contributed by atoms with Crippen LogP contribution in [0.2, 0.25) is 0 Å². The van der Waals surface area contributed by atoms with Crippen molar-refractivity contribution in [3.05, 3.63) is 23.0 Å². The van der Waals surface area contributed by atoms with Crippen molar-refractivity contribution in [3.8, 4) is 0 Å². The number of nitrogens with zero attached hydrogens (tertiary/aromatic N) is 4. The van der Waals surface area contributed by atoms with Crippen LogP contribution in [-0.4, -0.2) is 26.6 Å². The first-order valence-electron chi connectivity index (χ1n) is 3.21. The monoisotopic (exact) mass is 240 g/mol. The number of aromatic nitrogens is 2. The molecule has 7 heteroatoms. The third-order valence-corrected chi connectivity index (χ3v) is 2.13. The molecular weight excluding hydrogens is 240 g/mol. The zero-order chi connectivity index (χ0) is 9.42. The highest BCUT2D eigenvalue weighted by atomic mass is 79.9. The highest BCUT2D eigenvalue weighted by Gasteiger charge is 2.34. The van der Waals surface area contributed by atoms with Crippen LogP contribution in [0.15, 0.2) is 10.7 Å². The van der Waals surface area contributed by atoms with Crippen molar-refractivity contribution in [2.24, 2.45) is 0 Å². The first-order valence-corrected chi connectivity index (χ1v) is 4.00. The molecule has 0 N–H and O–H groups in total. The number of hydrogen-bond donors (Lipinski definition) is 0. The van der Waals surface area contributed by atoms with E-state index in [1.54, 1.807) is 0 Å². The lowest BCUT2D eigenvalue weighted by Crippen LogP contribution is -2.19. The number of fused-ring (bicyclic) bond motifs is 1. The molecule has 1 aromatic rings. The fraction of sp³-hybridized carbons (Fsp3) is 0. The molecule has 1 aromatic heterocycles. The van der Waals surface area contributed by atoms with Gasteiger partial charge in [0.25, 0.3) is 5.78 Å². The number of carbonyl (C=O) groups is 1. The van der Waals surface area contributed by atoms with Crippen LogP contribution in [0.4, 0.5) is 0 Å². The normalized spacial score (nSPS) is 15.0. The standard InChI is InChI=1S/C6HBrN4O2/c7-2-1-3(12)5(9-8)6-4(2)10-13-11-6/h1H. The molecule has 0 fully saturated rings. The number of rotatable bonds is 0. The first kappa shape index (κ1) is 8.03. The third kappa shape index (κ3) is 1.06. The lowest BCUT2D eigenvalue weighted by molar-refractivity contribution is -0.112. The molecule has 6 nitrogen and oxygen atoms in total. The average molecular weight is 241 g/mol. The lowest BCUT2D eigenvalue weighted by atomic mass is 10.1. The van der Waals surface area contributed by atoms with Crippen molar-refractivity contribution in [1.82, 2.24) is 10.3 Å². The van der Waals surface area contributed by atoms with Crippen LogP contribution in [0.25, 0.3) is 10.0 Å². The summed E-state index contributed by atoms with van der Waals surface area (Å²) in [5.41, 5.74) is 8.85. The second-order valence-electron chi connectivity index (χ2n) is 2.27. The molecule has 0 aromatic carbocycles. The minimum absolute atomic E-state index is 0.141. The maximum Gasteiger partial charge on any atom is 0.393 e. The Morgan fingerprint density at radius 1 is 1.46 bits per heavy atom. The number of hydrogen-bond acceptors (Lipinski definition) is 4. The third-order valence-electron chi connectivity index (χ3n) is 1.53. The molecule has 0 saturated heterocycles. The minimum atomic E-state index is -0.447. The Morgan fingerprint density at radius 2 is 2.15 bits per heavy atom. The summed E-state index contributed by atoms with van der Waals surface area (Å²) in [6, 6.07) is 0.